The number of ether oxygens (including phenoxy) is 1. The number of aliphatic hydroxyl groups excluding tert-OH is 1. The van der Waals surface area contributed by atoms with Crippen molar-refractivity contribution in [3.8, 4) is 28.6 Å². The van der Waals surface area contributed by atoms with Gasteiger partial charge in [0, 0.05) is 36.8 Å². The van der Waals surface area contributed by atoms with E-state index in [1.54, 1.807) is 12.1 Å². The molecule has 11 heteroatoms. The topological polar surface area (TPSA) is 144 Å². The van der Waals surface area contributed by atoms with Gasteiger partial charge in [0.25, 0.3) is 5.89 Å². The summed E-state index contributed by atoms with van der Waals surface area (Å²) in [6, 6.07) is 10.9. The zero-order valence-corrected chi connectivity index (χ0v) is 22.6. The second kappa shape index (κ2) is 11.0. The van der Waals surface area contributed by atoms with Crippen molar-refractivity contribution < 1.29 is 22.8 Å². The Morgan fingerprint density at radius 3 is 2.74 bits per heavy atom. The molecule has 2 heterocycles. The average molecular weight is 542 g/mol. The standard InChI is InChI=1S/C27H35N5O5S/c1-17(2)36-25-9-6-18(16-23(25)28)27-29-26(30-37-27)22-5-3-4-21-20(22)7-8-24(21)31-38(34,35)15-14-32-12-10-19(33)11-13-32/h3-6,9,16-17,19,24,31,33H,7-8,10-15,28H2,1-2H3/t24-/m0/s1. The summed E-state index contributed by atoms with van der Waals surface area (Å²) in [7, 11) is -3.47. The summed E-state index contributed by atoms with van der Waals surface area (Å²) in [5, 5.41) is 13.9. The van der Waals surface area contributed by atoms with E-state index < -0.39 is 10.0 Å². The summed E-state index contributed by atoms with van der Waals surface area (Å²) in [6.07, 6.45) is 2.49. The summed E-state index contributed by atoms with van der Waals surface area (Å²) >= 11 is 0. The largest absolute Gasteiger partial charge is 0.489 e. The number of nitrogens with two attached hydrogens (primary N) is 1. The zero-order chi connectivity index (χ0) is 26.9. The van der Waals surface area contributed by atoms with Crippen LogP contribution >= 0.6 is 0 Å². The van der Waals surface area contributed by atoms with Crippen molar-refractivity contribution in [3.63, 3.8) is 0 Å². The van der Waals surface area contributed by atoms with Crippen LogP contribution in [0.4, 0.5) is 5.69 Å². The van der Waals surface area contributed by atoms with Crippen molar-refractivity contribution in [1.82, 2.24) is 19.8 Å². The van der Waals surface area contributed by atoms with E-state index in [1.807, 2.05) is 38.1 Å². The first-order chi connectivity index (χ1) is 18.2. The number of hydrogen-bond donors (Lipinski definition) is 3. The van der Waals surface area contributed by atoms with Gasteiger partial charge in [0.1, 0.15) is 5.75 Å². The number of hydrogen-bond acceptors (Lipinski definition) is 9. The fourth-order valence-corrected chi connectivity index (χ4v) is 6.44. The molecule has 3 aromatic rings. The Bertz CT molecular complexity index is 1380. The maximum atomic E-state index is 12.9. The number of nitrogen functional groups attached to an aromatic ring is 1. The van der Waals surface area contributed by atoms with Gasteiger partial charge in [-0.05, 0) is 68.9 Å². The third-order valence-corrected chi connectivity index (χ3v) is 8.48. The number of nitrogens with zero attached hydrogens (tertiary/aromatic N) is 3. The molecule has 2 aliphatic rings. The molecule has 0 unspecified atom stereocenters. The third kappa shape index (κ3) is 6.01. The van der Waals surface area contributed by atoms with Crippen LogP contribution in [0.15, 0.2) is 40.9 Å². The van der Waals surface area contributed by atoms with Crippen LogP contribution in [0.5, 0.6) is 5.75 Å². The van der Waals surface area contributed by atoms with E-state index in [2.05, 4.69) is 19.8 Å². The molecule has 38 heavy (non-hydrogen) atoms. The molecule has 1 atom stereocenters. The minimum Gasteiger partial charge on any atom is -0.489 e. The van der Waals surface area contributed by atoms with Crippen molar-refractivity contribution in [1.29, 1.82) is 0 Å². The first-order valence-electron chi connectivity index (χ1n) is 13.1. The molecular formula is C27H35N5O5S. The smallest absolute Gasteiger partial charge is 0.258 e. The maximum Gasteiger partial charge on any atom is 0.258 e. The van der Waals surface area contributed by atoms with Crippen LogP contribution in [-0.4, -0.2) is 66.2 Å². The molecule has 2 aromatic carbocycles. The van der Waals surface area contributed by atoms with Crippen LogP contribution in [0, 0.1) is 0 Å². The normalized spacial score (nSPS) is 18.7. The molecule has 0 radical (unpaired) electrons. The lowest BCUT2D eigenvalue weighted by molar-refractivity contribution is 0.0855. The molecule has 4 N–H and O–H groups in total. The van der Waals surface area contributed by atoms with Gasteiger partial charge < -0.3 is 25.0 Å². The van der Waals surface area contributed by atoms with Crippen molar-refractivity contribution in [2.75, 3.05) is 31.1 Å². The number of fused-ring (bicyclic) bond motifs is 1. The van der Waals surface area contributed by atoms with Crippen LogP contribution in [-0.2, 0) is 16.4 Å². The van der Waals surface area contributed by atoms with Crippen molar-refractivity contribution in [2.24, 2.45) is 0 Å². The second-order valence-electron chi connectivity index (χ2n) is 10.3. The predicted octanol–water partition coefficient (Wildman–Crippen LogP) is 3.14. The molecule has 1 aliphatic carbocycles. The van der Waals surface area contributed by atoms with E-state index in [1.165, 1.54) is 0 Å². The number of anilines is 1. The molecule has 0 saturated carbocycles. The van der Waals surface area contributed by atoms with Crippen LogP contribution in [0.1, 0.15) is 50.3 Å². The summed E-state index contributed by atoms with van der Waals surface area (Å²) in [6.45, 7) is 5.78. The Balaban J connectivity index is 1.29. The quantitative estimate of drug-likeness (QED) is 0.348. The van der Waals surface area contributed by atoms with Gasteiger partial charge in [0.05, 0.1) is 23.6 Å². The second-order valence-corrected chi connectivity index (χ2v) is 12.2. The first-order valence-corrected chi connectivity index (χ1v) is 14.8. The van der Waals surface area contributed by atoms with Gasteiger partial charge in [-0.2, -0.15) is 4.98 Å². The lowest BCUT2D eigenvalue weighted by Crippen LogP contribution is -2.40. The zero-order valence-electron chi connectivity index (χ0n) is 21.8. The Kier molecular flexibility index (Phi) is 7.71. The fraction of sp³-hybridized carbons (Fsp3) is 0.481. The van der Waals surface area contributed by atoms with Crippen molar-refractivity contribution >= 4 is 15.7 Å². The number of nitrogens with one attached hydrogen (secondary N) is 1. The highest BCUT2D eigenvalue weighted by Gasteiger charge is 2.30. The van der Waals surface area contributed by atoms with Gasteiger partial charge in [-0.3, -0.25) is 0 Å². The molecule has 0 bridgehead atoms. The molecular weight excluding hydrogens is 506 g/mol. The molecule has 5 rings (SSSR count). The van der Waals surface area contributed by atoms with E-state index in [0.717, 1.165) is 29.8 Å². The van der Waals surface area contributed by atoms with E-state index >= 15 is 0 Å². The Morgan fingerprint density at radius 1 is 1.21 bits per heavy atom. The highest BCUT2D eigenvalue weighted by Crippen LogP contribution is 2.38. The molecule has 204 valence electrons. The molecule has 10 nitrogen and oxygen atoms in total. The van der Waals surface area contributed by atoms with Gasteiger partial charge in [-0.25, -0.2) is 13.1 Å². The average Bonchev–Trinajstić information content (AvgIpc) is 3.52. The van der Waals surface area contributed by atoms with Crippen LogP contribution in [0.3, 0.4) is 0 Å². The lowest BCUT2D eigenvalue weighted by Gasteiger charge is -2.29. The summed E-state index contributed by atoms with van der Waals surface area (Å²) < 4.78 is 39.9. The van der Waals surface area contributed by atoms with E-state index in [0.29, 0.717) is 60.9 Å². The van der Waals surface area contributed by atoms with Crippen molar-refractivity contribution in [2.45, 2.75) is 57.8 Å². The monoisotopic (exact) mass is 541 g/mol. The van der Waals surface area contributed by atoms with Gasteiger partial charge in [-0.15, -0.1) is 0 Å². The summed E-state index contributed by atoms with van der Waals surface area (Å²) in [5.41, 5.74) is 10.1. The number of likely N-dealkylation sites (tertiary alicyclic amines) is 1. The van der Waals surface area contributed by atoms with E-state index in [4.69, 9.17) is 15.0 Å². The molecule has 0 spiro atoms. The lowest BCUT2D eigenvalue weighted by atomic mass is 10.0. The number of rotatable bonds is 9. The van der Waals surface area contributed by atoms with Crippen molar-refractivity contribution in [3.05, 3.63) is 47.5 Å². The first kappa shape index (κ1) is 26.6. The van der Waals surface area contributed by atoms with E-state index in [9.17, 15) is 13.5 Å². The number of aromatic nitrogens is 2. The molecule has 1 saturated heterocycles. The highest BCUT2D eigenvalue weighted by molar-refractivity contribution is 7.89. The van der Waals surface area contributed by atoms with Gasteiger partial charge >= 0.3 is 0 Å². The minimum absolute atomic E-state index is 0.0105. The highest BCUT2D eigenvalue weighted by atomic mass is 32.2. The summed E-state index contributed by atoms with van der Waals surface area (Å²) in [4.78, 5) is 6.71. The van der Waals surface area contributed by atoms with Gasteiger partial charge in [0.15, 0.2) is 0 Å². The van der Waals surface area contributed by atoms with Crippen LogP contribution < -0.4 is 15.2 Å². The predicted molar refractivity (Wildman–Crippen MR) is 145 cm³/mol. The van der Waals surface area contributed by atoms with E-state index in [-0.39, 0.29) is 24.0 Å². The van der Waals surface area contributed by atoms with Gasteiger partial charge in [-0.1, -0.05) is 23.4 Å². The number of sulfonamides is 1. The minimum atomic E-state index is -3.47. The summed E-state index contributed by atoms with van der Waals surface area (Å²) in [5.74, 6) is 1.44. The molecule has 1 fully saturated rings. The number of benzene rings is 2. The van der Waals surface area contributed by atoms with Crippen LogP contribution in [0.25, 0.3) is 22.8 Å². The Hall–Kier alpha value is -2.99. The number of piperidine rings is 1. The molecule has 1 aliphatic heterocycles. The Morgan fingerprint density at radius 2 is 2.00 bits per heavy atom. The number of aliphatic hydroxyl groups is 1. The van der Waals surface area contributed by atoms with Gasteiger partial charge in [0.2, 0.25) is 15.8 Å². The SMILES string of the molecule is CC(C)Oc1ccc(-c2nc(-c3cccc4c3CC[C@@H]4NS(=O)(=O)CCN3CCC(O)CC3)no2)cc1N. The fourth-order valence-electron chi connectivity index (χ4n) is 5.15. The third-order valence-electron chi connectivity index (χ3n) is 7.11. The molecule has 1 aromatic heterocycles. The Labute approximate surface area is 223 Å². The maximum absolute atomic E-state index is 12.9. The molecule has 0 amide bonds. The van der Waals surface area contributed by atoms with Crippen LogP contribution in [0.2, 0.25) is 0 Å².